The largest absolute Gasteiger partial charge is 0.485 e. The minimum atomic E-state index is -0.357. The van der Waals surface area contributed by atoms with Crippen LogP contribution in [0, 0.1) is 30.5 Å². The Morgan fingerprint density at radius 2 is 2.00 bits per heavy atom. The summed E-state index contributed by atoms with van der Waals surface area (Å²) in [5, 5.41) is 0. The van der Waals surface area contributed by atoms with E-state index in [2.05, 4.69) is 21.8 Å². The van der Waals surface area contributed by atoms with Crippen LogP contribution in [0.3, 0.4) is 0 Å². The van der Waals surface area contributed by atoms with Gasteiger partial charge in [0.2, 0.25) is 0 Å². The lowest BCUT2D eigenvalue weighted by Crippen LogP contribution is -2.25. The lowest BCUT2D eigenvalue weighted by Gasteiger charge is -2.20. The van der Waals surface area contributed by atoms with Gasteiger partial charge in [-0.3, -0.25) is 4.79 Å². The van der Waals surface area contributed by atoms with Gasteiger partial charge in [-0.05, 0) is 56.5 Å². The first kappa shape index (κ1) is 20.8. The number of ether oxygens (including phenoxy) is 1. The highest BCUT2D eigenvalue weighted by atomic mass is 19.1. The Morgan fingerprint density at radius 1 is 1.23 bits per heavy atom. The number of aromatic nitrogens is 3. The van der Waals surface area contributed by atoms with Gasteiger partial charge in [-0.2, -0.15) is 0 Å². The van der Waals surface area contributed by atoms with Crippen molar-refractivity contribution in [3.63, 3.8) is 0 Å². The van der Waals surface area contributed by atoms with Crippen LogP contribution >= 0.6 is 0 Å². The average Bonchev–Trinajstić information content (AvgIpc) is 2.72. The van der Waals surface area contributed by atoms with E-state index in [0.717, 1.165) is 18.5 Å². The summed E-state index contributed by atoms with van der Waals surface area (Å²) in [5.74, 6) is 7.12. The summed E-state index contributed by atoms with van der Waals surface area (Å²) in [6.45, 7) is 3.88. The Balaban J connectivity index is 1.52. The Morgan fingerprint density at radius 3 is 2.65 bits per heavy atom. The zero-order valence-corrected chi connectivity index (χ0v) is 17.6. The molecule has 0 saturated heterocycles. The second-order valence-corrected chi connectivity index (χ2v) is 7.81. The molecule has 158 valence electrons. The highest BCUT2D eigenvalue weighted by Crippen LogP contribution is 2.26. The number of nitrogens with zero attached hydrogens (tertiary/aromatic N) is 3. The zero-order chi connectivity index (χ0) is 21.8. The quantitative estimate of drug-likeness (QED) is 0.577. The van der Waals surface area contributed by atoms with Crippen LogP contribution < -0.4 is 10.3 Å². The molecule has 0 radical (unpaired) electrons. The molecule has 1 fully saturated rings. The zero-order valence-electron chi connectivity index (χ0n) is 17.6. The summed E-state index contributed by atoms with van der Waals surface area (Å²) in [4.78, 5) is 21.0. The number of hydrogen-bond donors (Lipinski definition) is 0. The van der Waals surface area contributed by atoms with E-state index in [1.807, 2.05) is 19.9 Å². The van der Waals surface area contributed by atoms with Gasteiger partial charge in [-0.15, -0.1) is 0 Å². The van der Waals surface area contributed by atoms with E-state index in [1.54, 1.807) is 35.2 Å². The van der Waals surface area contributed by atoms with Crippen molar-refractivity contribution in [2.24, 2.45) is 5.92 Å². The standard InChI is InChI=1S/C25H24FN3O2/c1-17-13-22(31-16-24-27-11-4-12-28-24)15-25(30)29(17)18(2)21-10-9-20(23(26)14-21)8-7-19-5-3-6-19/h4,9-15,18-19H,3,5-6,16H2,1-2H3. The molecule has 1 saturated carbocycles. The van der Waals surface area contributed by atoms with E-state index >= 15 is 0 Å². The van der Waals surface area contributed by atoms with Gasteiger partial charge in [0.05, 0.1) is 11.6 Å². The maximum absolute atomic E-state index is 14.6. The molecule has 3 aromatic rings. The predicted molar refractivity (Wildman–Crippen MR) is 116 cm³/mol. The van der Waals surface area contributed by atoms with Gasteiger partial charge in [0.25, 0.3) is 5.56 Å². The molecule has 1 atom stereocenters. The summed E-state index contributed by atoms with van der Waals surface area (Å²) in [5.41, 5.74) is 1.62. The summed E-state index contributed by atoms with van der Waals surface area (Å²) in [7, 11) is 0. The molecule has 2 heterocycles. The van der Waals surface area contributed by atoms with Crippen molar-refractivity contribution in [1.82, 2.24) is 14.5 Å². The lowest BCUT2D eigenvalue weighted by molar-refractivity contribution is 0.294. The van der Waals surface area contributed by atoms with E-state index in [0.29, 0.717) is 28.6 Å². The third-order valence-electron chi connectivity index (χ3n) is 5.60. The molecule has 31 heavy (non-hydrogen) atoms. The molecule has 4 rings (SSSR count). The molecule has 0 bridgehead atoms. The first-order valence-corrected chi connectivity index (χ1v) is 10.4. The van der Waals surface area contributed by atoms with Crippen LogP contribution in [0.1, 0.15) is 54.9 Å². The van der Waals surface area contributed by atoms with E-state index in [1.165, 1.54) is 18.6 Å². The molecular formula is C25H24FN3O2. The van der Waals surface area contributed by atoms with Crippen LogP contribution in [-0.2, 0) is 6.61 Å². The third-order valence-corrected chi connectivity index (χ3v) is 5.60. The van der Waals surface area contributed by atoms with Crippen LogP contribution in [0.15, 0.2) is 53.6 Å². The van der Waals surface area contributed by atoms with Crippen LogP contribution in [-0.4, -0.2) is 14.5 Å². The number of benzene rings is 1. The first-order valence-electron chi connectivity index (χ1n) is 10.4. The number of hydrogen-bond acceptors (Lipinski definition) is 4. The summed E-state index contributed by atoms with van der Waals surface area (Å²) < 4.78 is 21.9. The van der Waals surface area contributed by atoms with Crippen LogP contribution in [0.25, 0.3) is 0 Å². The van der Waals surface area contributed by atoms with E-state index in [-0.39, 0.29) is 24.0 Å². The molecule has 0 amide bonds. The first-order chi connectivity index (χ1) is 15.0. The summed E-state index contributed by atoms with van der Waals surface area (Å²) >= 11 is 0. The minimum Gasteiger partial charge on any atom is -0.485 e. The molecule has 0 N–H and O–H groups in total. The van der Waals surface area contributed by atoms with E-state index in [9.17, 15) is 9.18 Å². The molecule has 6 heteroatoms. The van der Waals surface area contributed by atoms with Crippen LogP contribution in [0.4, 0.5) is 4.39 Å². The van der Waals surface area contributed by atoms with Gasteiger partial charge in [-0.1, -0.05) is 24.3 Å². The molecule has 1 unspecified atom stereocenters. The molecule has 0 spiro atoms. The monoisotopic (exact) mass is 417 g/mol. The molecule has 1 aliphatic rings. The minimum absolute atomic E-state index is 0.174. The van der Waals surface area contributed by atoms with Gasteiger partial charge in [0.1, 0.15) is 18.2 Å². The van der Waals surface area contributed by atoms with Crippen molar-refractivity contribution in [2.75, 3.05) is 0 Å². The highest BCUT2D eigenvalue weighted by molar-refractivity contribution is 5.39. The number of halogens is 1. The summed E-state index contributed by atoms with van der Waals surface area (Å²) in [6.07, 6.45) is 6.68. The summed E-state index contributed by atoms with van der Waals surface area (Å²) in [6, 6.07) is 9.62. The number of pyridine rings is 1. The second kappa shape index (κ2) is 9.13. The SMILES string of the molecule is Cc1cc(OCc2ncccn2)cc(=O)n1C(C)c1ccc(C#CC2CCC2)c(F)c1. The average molecular weight is 417 g/mol. The Kier molecular flexibility index (Phi) is 6.13. The molecule has 5 nitrogen and oxygen atoms in total. The van der Waals surface area contributed by atoms with Crippen molar-refractivity contribution in [3.8, 4) is 17.6 Å². The van der Waals surface area contributed by atoms with Crippen molar-refractivity contribution in [1.29, 1.82) is 0 Å². The van der Waals surface area contributed by atoms with E-state index < -0.39 is 0 Å². The Hall–Kier alpha value is -3.46. The maximum atomic E-state index is 14.6. The van der Waals surface area contributed by atoms with Gasteiger partial charge >= 0.3 is 0 Å². The smallest absolute Gasteiger partial charge is 0.254 e. The molecule has 1 aliphatic carbocycles. The fourth-order valence-corrected chi connectivity index (χ4v) is 3.59. The van der Waals surface area contributed by atoms with Gasteiger partial charge in [-0.25, -0.2) is 14.4 Å². The topological polar surface area (TPSA) is 57.0 Å². The Bertz CT molecular complexity index is 1190. The van der Waals surface area contributed by atoms with Gasteiger partial charge in [0, 0.05) is 30.1 Å². The van der Waals surface area contributed by atoms with Crippen molar-refractivity contribution in [3.05, 3.63) is 87.6 Å². The Labute approximate surface area is 180 Å². The van der Waals surface area contributed by atoms with Gasteiger partial charge in [0.15, 0.2) is 5.82 Å². The molecule has 2 aromatic heterocycles. The predicted octanol–water partition coefficient (Wildman–Crippen LogP) is 4.43. The normalized spacial score (nSPS) is 14.3. The third kappa shape index (κ3) is 4.83. The van der Waals surface area contributed by atoms with Crippen molar-refractivity contribution < 1.29 is 9.13 Å². The maximum Gasteiger partial charge on any atom is 0.254 e. The molecule has 1 aromatic carbocycles. The van der Waals surface area contributed by atoms with Crippen molar-refractivity contribution >= 4 is 0 Å². The van der Waals surface area contributed by atoms with Crippen molar-refractivity contribution in [2.45, 2.75) is 45.8 Å². The number of aryl methyl sites for hydroxylation is 1. The van der Waals surface area contributed by atoms with Crippen LogP contribution in [0.5, 0.6) is 5.75 Å². The van der Waals surface area contributed by atoms with Crippen LogP contribution in [0.2, 0.25) is 0 Å². The molecule has 0 aliphatic heterocycles. The fraction of sp³-hybridized carbons (Fsp3) is 0.320. The lowest BCUT2D eigenvalue weighted by atomic mass is 9.86. The fourth-order valence-electron chi connectivity index (χ4n) is 3.59. The van der Waals surface area contributed by atoms with E-state index in [4.69, 9.17) is 4.74 Å². The van der Waals surface area contributed by atoms with Gasteiger partial charge < -0.3 is 9.30 Å². The highest BCUT2D eigenvalue weighted by Gasteiger charge is 2.16. The second-order valence-electron chi connectivity index (χ2n) is 7.81. The molecular weight excluding hydrogens is 393 g/mol. The number of rotatable bonds is 5.